The van der Waals surface area contributed by atoms with Crippen LogP contribution in [0.5, 0.6) is 5.88 Å². The molecule has 1 aromatic heterocycles. The van der Waals surface area contributed by atoms with Crippen LogP contribution in [0, 0.1) is 0 Å². The van der Waals surface area contributed by atoms with Gasteiger partial charge in [-0.25, -0.2) is 4.98 Å². The van der Waals surface area contributed by atoms with Crippen LogP contribution in [0.2, 0.25) is 0 Å². The van der Waals surface area contributed by atoms with Crippen LogP contribution in [-0.4, -0.2) is 48.2 Å². The fourth-order valence-electron chi connectivity index (χ4n) is 1.57. The first-order chi connectivity index (χ1) is 8.04. The predicted octanol–water partition coefficient (Wildman–Crippen LogP) is 0.820. The molecule has 0 radical (unpaired) electrons. The Hall–Kier alpha value is -1.56. The van der Waals surface area contributed by atoms with E-state index in [-0.39, 0.29) is 6.04 Å². The Morgan fingerprint density at radius 3 is 2.76 bits per heavy atom. The minimum absolute atomic E-state index is 0.247. The topological polar surface area (TPSA) is 76.3 Å². The van der Waals surface area contributed by atoms with E-state index in [1.54, 1.807) is 0 Å². The molecule has 0 saturated carbocycles. The summed E-state index contributed by atoms with van der Waals surface area (Å²) in [6.45, 7) is 5.40. The van der Waals surface area contributed by atoms with Crippen molar-refractivity contribution in [2.45, 2.75) is 19.9 Å². The maximum Gasteiger partial charge on any atom is 0.242 e. The molecular formula is C11H21N5O. The first-order valence-electron chi connectivity index (χ1n) is 5.69. The lowest BCUT2D eigenvalue weighted by Gasteiger charge is -2.19. The highest BCUT2D eigenvalue weighted by molar-refractivity contribution is 5.66. The molecule has 1 atom stereocenters. The Kier molecular flexibility index (Phi) is 4.96. The van der Waals surface area contributed by atoms with E-state index in [4.69, 9.17) is 10.5 Å². The van der Waals surface area contributed by atoms with E-state index in [9.17, 15) is 0 Å². The average Bonchev–Trinajstić information content (AvgIpc) is 2.23. The normalized spacial score (nSPS) is 12.5. The fourth-order valence-corrected chi connectivity index (χ4v) is 1.57. The van der Waals surface area contributed by atoms with Crippen molar-refractivity contribution >= 4 is 11.5 Å². The van der Waals surface area contributed by atoms with Crippen molar-refractivity contribution in [3.63, 3.8) is 0 Å². The van der Waals surface area contributed by atoms with Crippen LogP contribution in [0.25, 0.3) is 0 Å². The van der Waals surface area contributed by atoms with Crippen molar-refractivity contribution in [1.82, 2.24) is 14.9 Å². The summed E-state index contributed by atoms with van der Waals surface area (Å²) >= 11 is 0. The maximum atomic E-state index is 5.92. The number of nitrogen functional groups attached to an aromatic ring is 1. The summed E-state index contributed by atoms with van der Waals surface area (Å²) in [7, 11) is 4.04. The third-order valence-corrected chi connectivity index (χ3v) is 2.15. The number of ether oxygens (including phenoxy) is 1. The summed E-state index contributed by atoms with van der Waals surface area (Å²) < 4.78 is 5.31. The molecule has 6 nitrogen and oxygen atoms in total. The standard InChI is InChI=1S/C11H21N5O/c1-5-17-11-9(12)10(13-7-14-11)15-8(2)6-16(3)4/h7-8H,5-6,12H2,1-4H3,(H,13,14,15). The Morgan fingerprint density at radius 2 is 2.18 bits per heavy atom. The van der Waals surface area contributed by atoms with Crippen molar-refractivity contribution in [3.05, 3.63) is 6.33 Å². The molecule has 96 valence electrons. The number of nitrogens with one attached hydrogen (secondary N) is 1. The minimum Gasteiger partial charge on any atom is -0.476 e. The van der Waals surface area contributed by atoms with Gasteiger partial charge in [-0.1, -0.05) is 0 Å². The lowest BCUT2D eigenvalue weighted by Crippen LogP contribution is -2.30. The van der Waals surface area contributed by atoms with E-state index in [1.807, 2.05) is 21.0 Å². The molecule has 0 fully saturated rings. The largest absolute Gasteiger partial charge is 0.476 e. The number of anilines is 2. The predicted molar refractivity (Wildman–Crippen MR) is 69.3 cm³/mol. The van der Waals surface area contributed by atoms with Crippen LogP contribution in [0.1, 0.15) is 13.8 Å². The highest BCUT2D eigenvalue weighted by Crippen LogP contribution is 2.24. The lowest BCUT2D eigenvalue weighted by atomic mass is 10.3. The number of likely N-dealkylation sites (N-methyl/N-ethyl adjacent to an activating group) is 1. The van der Waals surface area contributed by atoms with Crippen molar-refractivity contribution in [2.75, 3.05) is 38.3 Å². The van der Waals surface area contributed by atoms with Gasteiger partial charge in [0.15, 0.2) is 5.82 Å². The van der Waals surface area contributed by atoms with Gasteiger partial charge in [0.25, 0.3) is 0 Å². The number of aromatic nitrogens is 2. The molecule has 0 bridgehead atoms. The fraction of sp³-hybridized carbons (Fsp3) is 0.636. The molecule has 1 aromatic rings. The SMILES string of the molecule is CCOc1ncnc(NC(C)CN(C)C)c1N. The Morgan fingerprint density at radius 1 is 1.47 bits per heavy atom. The van der Waals surface area contributed by atoms with Gasteiger partial charge in [-0.05, 0) is 27.9 Å². The van der Waals surface area contributed by atoms with Crippen molar-refractivity contribution in [3.8, 4) is 5.88 Å². The molecule has 17 heavy (non-hydrogen) atoms. The molecule has 1 unspecified atom stereocenters. The van der Waals surface area contributed by atoms with Gasteiger partial charge in [-0.3, -0.25) is 0 Å². The van der Waals surface area contributed by atoms with Gasteiger partial charge >= 0.3 is 0 Å². The molecule has 0 aliphatic heterocycles. The van der Waals surface area contributed by atoms with Gasteiger partial charge in [0.2, 0.25) is 5.88 Å². The quantitative estimate of drug-likeness (QED) is 0.765. The van der Waals surface area contributed by atoms with Crippen LogP contribution in [0.3, 0.4) is 0 Å². The lowest BCUT2D eigenvalue weighted by molar-refractivity contribution is 0.328. The van der Waals surface area contributed by atoms with E-state index in [0.29, 0.717) is 24.0 Å². The molecule has 0 aromatic carbocycles. The summed E-state index contributed by atoms with van der Waals surface area (Å²) in [6, 6.07) is 0.247. The second kappa shape index (κ2) is 6.24. The minimum atomic E-state index is 0.247. The molecular weight excluding hydrogens is 218 g/mol. The smallest absolute Gasteiger partial charge is 0.242 e. The third kappa shape index (κ3) is 4.07. The Bertz CT molecular complexity index is 356. The Balaban J connectivity index is 2.73. The molecule has 0 saturated heterocycles. The monoisotopic (exact) mass is 239 g/mol. The van der Waals surface area contributed by atoms with Crippen molar-refractivity contribution in [1.29, 1.82) is 0 Å². The van der Waals surface area contributed by atoms with Crippen molar-refractivity contribution < 1.29 is 4.74 Å². The number of nitrogens with zero attached hydrogens (tertiary/aromatic N) is 3. The van der Waals surface area contributed by atoms with Gasteiger partial charge in [0, 0.05) is 12.6 Å². The highest BCUT2D eigenvalue weighted by atomic mass is 16.5. The first-order valence-corrected chi connectivity index (χ1v) is 5.69. The number of nitrogens with two attached hydrogens (primary N) is 1. The summed E-state index contributed by atoms with van der Waals surface area (Å²) in [5, 5.41) is 3.24. The summed E-state index contributed by atoms with van der Waals surface area (Å²) in [5.41, 5.74) is 6.38. The van der Waals surface area contributed by atoms with Crippen LogP contribution < -0.4 is 15.8 Å². The number of rotatable bonds is 6. The molecule has 6 heteroatoms. The van der Waals surface area contributed by atoms with E-state index >= 15 is 0 Å². The second-order valence-electron chi connectivity index (χ2n) is 4.18. The number of hydrogen-bond acceptors (Lipinski definition) is 6. The molecule has 1 rings (SSSR count). The van der Waals surface area contributed by atoms with Crippen LogP contribution in [0.4, 0.5) is 11.5 Å². The zero-order valence-electron chi connectivity index (χ0n) is 10.9. The molecule has 0 aliphatic rings. The second-order valence-corrected chi connectivity index (χ2v) is 4.18. The van der Waals surface area contributed by atoms with Crippen LogP contribution in [0.15, 0.2) is 6.33 Å². The van der Waals surface area contributed by atoms with Gasteiger partial charge in [0.1, 0.15) is 12.0 Å². The van der Waals surface area contributed by atoms with Gasteiger partial charge < -0.3 is 20.7 Å². The zero-order valence-corrected chi connectivity index (χ0v) is 10.9. The molecule has 1 heterocycles. The summed E-state index contributed by atoms with van der Waals surface area (Å²) in [5.74, 6) is 1.06. The van der Waals surface area contributed by atoms with E-state index in [2.05, 4.69) is 27.1 Å². The Labute approximate surface area is 102 Å². The molecule has 3 N–H and O–H groups in total. The van der Waals surface area contributed by atoms with Gasteiger partial charge in [-0.2, -0.15) is 4.98 Å². The van der Waals surface area contributed by atoms with E-state index in [0.717, 1.165) is 6.54 Å². The first kappa shape index (κ1) is 13.5. The third-order valence-electron chi connectivity index (χ3n) is 2.15. The van der Waals surface area contributed by atoms with Crippen LogP contribution >= 0.6 is 0 Å². The molecule has 0 spiro atoms. The van der Waals surface area contributed by atoms with E-state index < -0.39 is 0 Å². The maximum absolute atomic E-state index is 5.92. The average molecular weight is 239 g/mol. The van der Waals surface area contributed by atoms with Crippen molar-refractivity contribution in [2.24, 2.45) is 0 Å². The highest BCUT2D eigenvalue weighted by Gasteiger charge is 2.11. The summed E-state index contributed by atoms with van der Waals surface area (Å²) in [6.07, 6.45) is 1.45. The zero-order chi connectivity index (χ0) is 12.8. The molecule has 0 amide bonds. The molecule has 0 aliphatic carbocycles. The summed E-state index contributed by atoms with van der Waals surface area (Å²) in [4.78, 5) is 10.2. The van der Waals surface area contributed by atoms with Gasteiger partial charge in [-0.15, -0.1) is 0 Å². The number of hydrogen-bond donors (Lipinski definition) is 2. The van der Waals surface area contributed by atoms with E-state index in [1.165, 1.54) is 6.33 Å². The van der Waals surface area contributed by atoms with Gasteiger partial charge in [0.05, 0.1) is 6.61 Å². The van der Waals surface area contributed by atoms with Crippen LogP contribution in [-0.2, 0) is 0 Å².